The van der Waals surface area contributed by atoms with Gasteiger partial charge in [0.15, 0.2) is 0 Å². The van der Waals surface area contributed by atoms with Gasteiger partial charge in [-0.1, -0.05) is 6.92 Å². The topological polar surface area (TPSA) is 83.9 Å². The number of halogens is 6. The molecule has 3 aromatic rings. The Morgan fingerprint density at radius 3 is 2.50 bits per heavy atom. The number of hydrogen-bond donors (Lipinski definition) is 1. The molecule has 2 unspecified atom stereocenters. The van der Waals surface area contributed by atoms with Crippen molar-refractivity contribution in [2.24, 2.45) is 5.92 Å². The molecule has 1 fully saturated rings. The number of aryl methyl sites for hydroxylation is 1. The zero-order valence-electron chi connectivity index (χ0n) is 19.0. The molecule has 0 spiro atoms. The van der Waals surface area contributed by atoms with Gasteiger partial charge in [0.05, 0.1) is 39.9 Å². The molecule has 0 aliphatic carbocycles. The van der Waals surface area contributed by atoms with Crippen LogP contribution < -0.4 is 5.32 Å². The zero-order valence-corrected chi connectivity index (χ0v) is 19.8. The molecule has 192 valence electrons. The monoisotopic (exact) mass is 530 g/mol. The van der Waals surface area contributed by atoms with Crippen LogP contribution in [0.25, 0.3) is 10.6 Å². The molecule has 0 bridgehead atoms. The van der Waals surface area contributed by atoms with E-state index >= 15 is 0 Å². The predicted molar refractivity (Wildman–Crippen MR) is 119 cm³/mol. The fourth-order valence-corrected chi connectivity index (χ4v) is 4.92. The van der Waals surface area contributed by atoms with Crippen molar-refractivity contribution in [1.29, 1.82) is 0 Å². The number of pyridine rings is 1. The van der Waals surface area contributed by atoms with Crippen molar-refractivity contribution in [2.45, 2.75) is 38.4 Å². The minimum Gasteiger partial charge on any atom is -0.352 e. The van der Waals surface area contributed by atoms with Crippen LogP contribution in [0.5, 0.6) is 0 Å². The Balaban J connectivity index is 1.60. The number of piperidine rings is 1. The van der Waals surface area contributed by atoms with Gasteiger partial charge in [0.2, 0.25) is 5.95 Å². The summed E-state index contributed by atoms with van der Waals surface area (Å²) in [7, 11) is 0. The van der Waals surface area contributed by atoms with Gasteiger partial charge in [-0.25, -0.2) is 28.1 Å². The van der Waals surface area contributed by atoms with E-state index in [0.717, 1.165) is 22.4 Å². The third kappa shape index (κ3) is 5.58. The third-order valence-corrected chi connectivity index (χ3v) is 6.68. The van der Waals surface area contributed by atoms with Gasteiger partial charge in [0, 0.05) is 25.4 Å². The summed E-state index contributed by atoms with van der Waals surface area (Å²) in [6.07, 6.45) is -2.90. The molecule has 1 N–H and O–H groups in total. The van der Waals surface area contributed by atoms with Gasteiger partial charge in [0.1, 0.15) is 11.5 Å². The first-order valence-corrected chi connectivity index (χ1v) is 11.6. The first-order valence-electron chi connectivity index (χ1n) is 10.8. The summed E-state index contributed by atoms with van der Waals surface area (Å²) in [5.41, 5.74) is -0.844. The van der Waals surface area contributed by atoms with Gasteiger partial charge >= 0.3 is 6.18 Å². The summed E-state index contributed by atoms with van der Waals surface area (Å²) in [5, 5.41) is 3.23. The van der Waals surface area contributed by atoms with Gasteiger partial charge < -0.3 is 10.2 Å². The van der Waals surface area contributed by atoms with Crippen LogP contribution in [-0.4, -0.2) is 55.8 Å². The van der Waals surface area contributed by atoms with E-state index in [4.69, 9.17) is 0 Å². The van der Waals surface area contributed by atoms with Gasteiger partial charge in [-0.3, -0.25) is 9.78 Å². The highest BCUT2D eigenvalue weighted by atomic mass is 32.1. The highest BCUT2D eigenvalue weighted by molar-refractivity contribution is 7.15. The van der Waals surface area contributed by atoms with Crippen LogP contribution in [0.15, 0.2) is 30.7 Å². The van der Waals surface area contributed by atoms with Crippen LogP contribution in [0.4, 0.5) is 32.3 Å². The first-order chi connectivity index (χ1) is 16.8. The molecule has 0 aromatic carbocycles. The maximum Gasteiger partial charge on any atom is 0.419 e. The quantitative estimate of drug-likeness (QED) is 0.465. The van der Waals surface area contributed by atoms with E-state index in [1.165, 1.54) is 12.1 Å². The van der Waals surface area contributed by atoms with E-state index in [1.807, 2.05) is 0 Å². The Hall–Kier alpha value is -3.29. The lowest BCUT2D eigenvalue weighted by atomic mass is 9.88. The van der Waals surface area contributed by atoms with Crippen molar-refractivity contribution in [3.63, 3.8) is 0 Å². The number of hydrogen-bond acceptors (Lipinski definition) is 7. The molecule has 36 heavy (non-hydrogen) atoms. The number of rotatable bonds is 5. The minimum atomic E-state index is -4.60. The highest BCUT2D eigenvalue weighted by Crippen LogP contribution is 2.37. The number of carbonyl (C=O) groups is 1. The van der Waals surface area contributed by atoms with Gasteiger partial charge in [-0.05, 0) is 25.0 Å². The number of nitrogens with zero attached hydrogens (tertiary/aromatic N) is 5. The maximum absolute atomic E-state index is 14.5. The normalized spacial score (nSPS) is 19.8. The predicted octanol–water partition coefficient (Wildman–Crippen LogP) is 5.06. The summed E-state index contributed by atoms with van der Waals surface area (Å²) in [6.45, 7) is 2.25. The number of alkyl halides is 5. The number of aromatic nitrogens is 4. The summed E-state index contributed by atoms with van der Waals surface area (Å²) < 4.78 is 80.7. The number of anilines is 1. The second-order valence-electron chi connectivity index (χ2n) is 8.48. The molecule has 1 amide bonds. The van der Waals surface area contributed by atoms with Gasteiger partial charge in [0.25, 0.3) is 11.8 Å². The molecule has 4 rings (SSSR count). The fourth-order valence-electron chi connectivity index (χ4n) is 4.03. The minimum absolute atomic E-state index is 0.0817. The smallest absolute Gasteiger partial charge is 0.352 e. The largest absolute Gasteiger partial charge is 0.419 e. The summed E-state index contributed by atoms with van der Waals surface area (Å²) in [6, 6.07) is 1.77. The fraction of sp³-hybridized carbons (Fsp3) is 0.409. The van der Waals surface area contributed by atoms with Crippen LogP contribution in [-0.2, 0) is 6.18 Å². The Labute approximate surface area is 205 Å². The SMILES string of the molecule is Cc1nc(C(=O)N2CC(F)(F)CC(C)C2CNc2ncc(C(F)(F)F)cn2)c(-c2ccc(F)cn2)s1. The van der Waals surface area contributed by atoms with Crippen LogP contribution in [0, 0.1) is 18.7 Å². The van der Waals surface area contributed by atoms with E-state index in [0.29, 0.717) is 22.3 Å². The molecule has 0 saturated carbocycles. The number of carbonyl (C=O) groups excluding carboxylic acids is 1. The van der Waals surface area contributed by atoms with Crippen LogP contribution >= 0.6 is 11.3 Å². The molecule has 14 heteroatoms. The summed E-state index contributed by atoms with van der Waals surface area (Å²) in [5.74, 6) is -5.30. The standard InChI is InChI=1S/C22H20F6N6OS/c1-11-5-21(24,25)10-34(16(11)9-32-20-30-6-13(7-31-20)22(26,27)28)19(35)17-18(36-12(2)33-17)15-4-3-14(23)8-29-15/h3-4,6-8,11,16H,5,9-10H2,1-2H3,(H,30,31,32). The zero-order chi connectivity index (χ0) is 26.3. The molecule has 2 atom stereocenters. The van der Waals surface area contributed by atoms with Crippen molar-refractivity contribution < 1.29 is 31.1 Å². The van der Waals surface area contributed by atoms with Gasteiger partial charge in [-0.2, -0.15) is 13.2 Å². The third-order valence-electron chi connectivity index (χ3n) is 5.69. The lowest BCUT2D eigenvalue weighted by molar-refractivity contribution is -0.138. The number of nitrogens with one attached hydrogen (secondary N) is 1. The Kier molecular flexibility index (Phi) is 6.90. The Morgan fingerprint density at radius 1 is 1.19 bits per heavy atom. The van der Waals surface area contributed by atoms with Crippen LogP contribution in [0.2, 0.25) is 0 Å². The van der Waals surface area contributed by atoms with Crippen molar-refractivity contribution in [3.05, 3.63) is 52.8 Å². The average Bonchev–Trinajstić information content (AvgIpc) is 3.19. The highest BCUT2D eigenvalue weighted by Gasteiger charge is 2.47. The molecule has 1 aliphatic rings. The number of thiazole rings is 1. The second-order valence-corrected chi connectivity index (χ2v) is 9.69. The molecule has 0 radical (unpaired) electrons. The molecular formula is C22H20F6N6OS. The molecule has 4 heterocycles. The Bertz CT molecular complexity index is 1230. The lowest BCUT2D eigenvalue weighted by Gasteiger charge is -2.43. The molecular weight excluding hydrogens is 510 g/mol. The van der Waals surface area contributed by atoms with E-state index in [1.54, 1.807) is 13.8 Å². The number of likely N-dealkylation sites (tertiary alicyclic amines) is 1. The Morgan fingerprint density at radius 2 is 1.89 bits per heavy atom. The van der Waals surface area contributed by atoms with E-state index in [-0.39, 0.29) is 23.9 Å². The molecule has 1 aliphatic heterocycles. The van der Waals surface area contributed by atoms with Gasteiger partial charge in [-0.15, -0.1) is 11.3 Å². The van der Waals surface area contributed by atoms with E-state index < -0.39 is 54.3 Å². The van der Waals surface area contributed by atoms with Crippen LogP contribution in [0.1, 0.15) is 34.4 Å². The molecule has 1 saturated heterocycles. The van der Waals surface area contributed by atoms with Crippen molar-refractivity contribution in [1.82, 2.24) is 24.8 Å². The molecule has 7 nitrogen and oxygen atoms in total. The van der Waals surface area contributed by atoms with E-state index in [9.17, 15) is 31.1 Å². The summed E-state index contributed by atoms with van der Waals surface area (Å²) >= 11 is 1.12. The number of amides is 1. The van der Waals surface area contributed by atoms with Crippen LogP contribution in [0.3, 0.4) is 0 Å². The van der Waals surface area contributed by atoms with Crippen molar-refractivity contribution in [3.8, 4) is 10.6 Å². The lowest BCUT2D eigenvalue weighted by Crippen LogP contribution is -2.57. The second kappa shape index (κ2) is 9.64. The average molecular weight is 530 g/mol. The molecule has 3 aromatic heterocycles. The first kappa shape index (κ1) is 25.8. The van der Waals surface area contributed by atoms with E-state index in [2.05, 4.69) is 25.3 Å². The summed E-state index contributed by atoms with van der Waals surface area (Å²) in [4.78, 5) is 30.3. The maximum atomic E-state index is 14.5. The van der Waals surface area contributed by atoms with Crippen molar-refractivity contribution >= 4 is 23.2 Å². The van der Waals surface area contributed by atoms with Crippen molar-refractivity contribution in [2.75, 3.05) is 18.4 Å².